The number of fused-ring (bicyclic) bond motifs is 1. The fourth-order valence-electron chi connectivity index (χ4n) is 1.91. The molecule has 0 saturated carbocycles. The SMILES string of the molecule is Cn1c(=S)[nH]c2cccc(C(C)(C)C)c21. The Morgan fingerprint density at radius 2 is 1.93 bits per heavy atom. The Balaban J connectivity index is 2.92. The summed E-state index contributed by atoms with van der Waals surface area (Å²) in [5.41, 5.74) is 3.81. The van der Waals surface area contributed by atoms with E-state index in [0.717, 1.165) is 10.3 Å². The number of aromatic nitrogens is 2. The van der Waals surface area contributed by atoms with Crippen molar-refractivity contribution in [3.8, 4) is 0 Å². The molecule has 1 aromatic carbocycles. The monoisotopic (exact) mass is 220 g/mol. The van der Waals surface area contributed by atoms with Crippen LogP contribution in [0.2, 0.25) is 0 Å². The van der Waals surface area contributed by atoms with Crippen molar-refractivity contribution >= 4 is 23.3 Å². The fraction of sp³-hybridized carbons (Fsp3) is 0.417. The van der Waals surface area contributed by atoms with Crippen molar-refractivity contribution in [3.05, 3.63) is 28.5 Å². The van der Waals surface area contributed by atoms with Gasteiger partial charge >= 0.3 is 0 Å². The third kappa shape index (κ3) is 1.61. The van der Waals surface area contributed by atoms with E-state index < -0.39 is 0 Å². The lowest BCUT2D eigenvalue weighted by Crippen LogP contribution is -2.12. The zero-order valence-electron chi connectivity index (χ0n) is 9.59. The summed E-state index contributed by atoms with van der Waals surface area (Å²) >= 11 is 5.24. The fourth-order valence-corrected chi connectivity index (χ4v) is 2.11. The molecule has 0 unspecified atom stereocenters. The van der Waals surface area contributed by atoms with E-state index in [-0.39, 0.29) is 5.41 Å². The van der Waals surface area contributed by atoms with Gasteiger partial charge in [-0.25, -0.2) is 0 Å². The van der Waals surface area contributed by atoms with Crippen LogP contribution in [0.3, 0.4) is 0 Å². The number of para-hydroxylation sites is 1. The number of nitrogens with zero attached hydrogens (tertiary/aromatic N) is 1. The first-order valence-electron chi connectivity index (χ1n) is 5.09. The summed E-state index contributed by atoms with van der Waals surface area (Å²) in [6.07, 6.45) is 0. The zero-order chi connectivity index (χ0) is 11.2. The smallest absolute Gasteiger partial charge is 0.177 e. The van der Waals surface area contributed by atoms with Crippen molar-refractivity contribution in [3.63, 3.8) is 0 Å². The molecule has 15 heavy (non-hydrogen) atoms. The molecule has 0 bridgehead atoms. The number of imidazole rings is 1. The van der Waals surface area contributed by atoms with E-state index in [4.69, 9.17) is 12.2 Å². The van der Waals surface area contributed by atoms with Gasteiger partial charge in [0.1, 0.15) is 0 Å². The molecule has 80 valence electrons. The highest BCUT2D eigenvalue weighted by molar-refractivity contribution is 7.71. The maximum absolute atomic E-state index is 5.24. The number of rotatable bonds is 0. The minimum Gasteiger partial charge on any atom is -0.331 e. The van der Waals surface area contributed by atoms with Gasteiger partial charge in [0.25, 0.3) is 0 Å². The summed E-state index contributed by atoms with van der Waals surface area (Å²) in [5, 5.41) is 0. The normalized spacial score (nSPS) is 12.3. The molecule has 0 aliphatic carbocycles. The minimum absolute atomic E-state index is 0.140. The van der Waals surface area contributed by atoms with Gasteiger partial charge in [-0.3, -0.25) is 0 Å². The molecule has 1 aromatic heterocycles. The number of hydrogen-bond donors (Lipinski definition) is 1. The van der Waals surface area contributed by atoms with Crippen LogP contribution < -0.4 is 0 Å². The summed E-state index contributed by atoms with van der Waals surface area (Å²) in [6.45, 7) is 6.66. The first kappa shape index (κ1) is 10.4. The first-order chi connectivity index (χ1) is 6.91. The van der Waals surface area contributed by atoms with Crippen LogP contribution in [-0.4, -0.2) is 9.55 Å². The maximum Gasteiger partial charge on any atom is 0.177 e. The molecule has 2 rings (SSSR count). The maximum atomic E-state index is 5.24. The predicted molar refractivity (Wildman–Crippen MR) is 66.8 cm³/mol. The van der Waals surface area contributed by atoms with Crippen molar-refractivity contribution in [2.24, 2.45) is 7.05 Å². The summed E-state index contributed by atoms with van der Waals surface area (Å²) in [4.78, 5) is 3.22. The summed E-state index contributed by atoms with van der Waals surface area (Å²) in [6, 6.07) is 6.32. The van der Waals surface area contributed by atoms with Gasteiger partial charge in [0.2, 0.25) is 0 Å². The molecule has 0 radical (unpaired) electrons. The average molecular weight is 220 g/mol. The van der Waals surface area contributed by atoms with Crippen LogP contribution >= 0.6 is 12.2 Å². The van der Waals surface area contributed by atoms with Gasteiger partial charge in [0.15, 0.2) is 4.77 Å². The highest BCUT2D eigenvalue weighted by Gasteiger charge is 2.18. The van der Waals surface area contributed by atoms with Crippen LogP contribution in [0.25, 0.3) is 11.0 Å². The summed E-state index contributed by atoms with van der Waals surface area (Å²) < 4.78 is 2.83. The average Bonchev–Trinajstić information content (AvgIpc) is 2.41. The predicted octanol–water partition coefficient (Wildman–Crippen LogP) is 3.53. The Bertz CT molecular complexity index is 555. The summed E-state index contributed by atoms with van der Waals surface area (Å²) in [7, 11) is 2.01. The Morgan fingerprint density at radius 1 is 1.27 bits per heavy atom. The molecule has 1 N–H and O–H groups in total. The van der Waals surface area contributed by atoms with Gasteiger partial charge in [0, 0.05) is 7.05 Å². The highest BCUT2D eigenvalue weighted by Crippen LogP contribution is 2.29. The zero-order valence-corrected chi connectivity index (χ0v) is 10.4. The van der Waals surface area contributed by atoms with E-state index in [1.54, 1.807) is 0 Å². The van der Waals surface area contributed by atoms with E-state index in [9.17, 15) is 0 Å². The molecule has 0 amide bonds. The van der Waals surface area contributed by atoms with Crippen molar-refractivity contribution in [1.82, 2.24) is 9.55 Å². The van der Waals surface area contributed by atoms with E-state index in [2.05, 4.69) is 44.0 Å². The lowest BCUT2D eigenvalue weighted by atomic mass is 9.86. The van der Waals surface area contributed by atoms with Gasteiger partial charge in [-0.15, -0.1) is 0 Å². The molecular weight excluding hydrogens is 204 g/mol. The third-order valence-corrected chi connectivity index (χ3v) is 3.10. The highest BCUT2D eigenvalue weighted by atomic mass is 32.1. The lowest BCUT2D eigenvalue weighted by Gasteiger charge is -2.20. The molecule has 2 aromatic rings. The molecule has 1 heterocycles. The molecule has 0 spiro atoms. The molecule has 3 heteroatoms. The number of nitrogens with one attached hydrogen (secondary N) is 1. The number of H-pyrrole nitrogens is 1. The van der Waals surface area contributed by atoms with Crippen LogP contribution in [0.15, 0.2) is 18.2 Å². The number of aromatic amines is 1. The largest absolute Gasteiger partial charge is 0.331 e. The van der Waals surface area contributed by atoms with E-state index in [1.807, 2.05) is 11.6 Å². The van der Waals surface area contributed by atoms with E-state index in [1.165, 1.54) is 11.1 Å². The van der Waals surface area contributed by atoms with Crippen LogP contribution in [-0.2, 0) is 12.5 Å². The minimum atomic E-state index is 0.140. The van der Waals surface area contributed by atoms with Crippen LogP contribution in [0.5, 0.6) is 0 Å². The van der Waals surface area contributed by atoms with E-state index >= 15 is 0 Å². The van der Waals surface area contributed by atoms with Gasteiger partial charge in [-0.1, -0.05) is 32.9 Å². The van der Waals surface area contributed by atoms with Crippen LogP contribution in [0.4, 0.5) is 0 Å². The van der Waals surface area contributed by atoms with Gasteiger partial charge in [0.05, 0.1) is 11.0 Å². The molecule has 0 aliphatic heterocycles. The van der Waals surface area contributed by atoms with Gasteiger partial charge < -0.3 is 9.55 Å². The number of hydrogen-bond acceptors (Lipinski definition) is 1. The van der Waals surface area contributed by atoms with Crippen molar-refractivity contribution < 1.29 is 0 Å². The summed E-state index contributed by atoms with van der Waals surface area (Å²) in [5.74, 6) is 0. The second kappa shape index (κ2) is 3.20. The van der Waals surface area contributed by atoms with Crippen molar-refractivity contribution in [1.29, 1.82) is 0 Å². The molecule has 0 atom stereocenters. The van der Waals surface area contributed by atoms with Crippen LogP contribution in [0, 0.1) is 4.77 Å². The number of aryl methyl sites for hydroxylation is 1. The second-order valence-electron chi connectivity index (χ2n) is 4.94. The first-order valence-corrected chi connectivity index (χ1v) is 5.50. The molecule has 2 nitrogen and oxygen atoms in total. The van der Waals surface area contributed by atoms with Crippen LogP contribution in [0.1, 0.15) is 26.3 Å². The molecule has 0 aliphatic rings. The Labute approximate surface area is 94.9 Å². The molecular formula is C12H16N2S. The Hall–Kier alpha value is -1.09. The van der Waals surface area contributed by atoms with Gasteiger partial charge in [-0.05, 0) is 29.3 Å². The second-order valence-corrected chi connectivity index (χ2v) is 5.33. The topological polar surface area (TPSA) is 20.7 Å². The quantitative estimate of drug-likeness (QED) is 0.674. The third-order valence-electron chi connectivity index (χ3n) is 2.73. The molecule has 0 saturated heterocycles. The molecule has 0 fully saturated rings. The van der Waals surface area contributed by atoms with E-state index in [0.29, 0.717) is 0 Å². The van der Waals surface area contributed by atoms with Crippen molar-refractivity contribution in [2.75, 3.05) is 0 Å². The standard InChI is InChI=1S/C12H16N2S/c1-12(2,3)8-6-5-7-9-10(8)14(4)11(15)13-9/h5-7H,1-4H3,(H,13,15). The van der Waals surface area contributed by atoms with Gasteiger partial charge in [-0.2, -0.15) is 0 Å². The Kier molecular flexibility index (Phi) is 2.23. The Morgan fingerprint density at radius 3 is 2.53 bits per heavy atom. The lowest BCUT2D eigenvalue weighted by molar-refractivity contribution is 0.592. The van der Waals surface area contributed by atoms with Crippen molar-refractivity contribution in [2.45, 2.75) is 26.2 Å². The number of benzene rings is 1.